The van der Waals surface area contributed by atoms with Gasteiger partial charge in [0.2, 0.25) is 0 Å². The number of nitrogens with one attached hydrogen (secondary N) is 1. The van der Waals surface area contributed by atoms with Gasteiger partial charge in [0.05, 0.1) is 31.5 Å². The highest BCUT2D eigenvalue weighted by molar-refractivity contribution is 5.93. The summed E-state index contributed by atoms with van der Waals surface area (Å²) in [6.07, 6.45) is 2.48. The maximum absolute atomic E-state index is 15.9. The van der Waals surface area contributed by atoms with E-state index in [1.54, 1.807) is 25.4 Å². The van der Waals surface area contributed by atoms with E-state index in [1.165, 1.54) is 7.11 Å². The first-order chi connectivity index (χ1) is 17.9. The smallest absolute Gasteiger partial charge is 0.169 e. The van der Waals surface area contributed by atoms with Crippen molar-refractivity contribution in [2.45, 2.75) is 19.3 Å². The predicted molar refractivity (Wildman–Crippen MR) is 144 cm³/mol. The van der Waals surface area contributed by atoms with Crippen LogP contribution in [0.5, 0.6) is 11.5 Å². The van der Waals surface area contributed by atoms with Crippen LogP contribution in [0, 0.1) is 5.82 Å². The van der Waals surface area contributed by atoms with Crippen LogP contribution in [0.15, 0.2) is 66.9 Å². The molecule has 3 aromatic carbocycles. The van der Waals surface area contributed by atoms with Crippen molar-refractivity contribution in [2.24, 2.45) is 0 Å². The number of methoxy groups -OCH3 is 2. The molecule has 0 spiro atoms. The molecule has 2 heterocycles. The molecule has 1 atom stereocenters. The first-order valence-electron chi connectivity index (χ1n) is 11.9. The second-order valence-corrected chi connectivity index (χ2v) is 8.77. The number of imidazole rings is 1. The molecule has 8 heteroatoms. The third kappa shape index (κ3) is 4.42. The van der Waals surface area contributed by atoms with Crippen LogP contribution in [-0.4, -0.2) is 29.2 Å². The largest absolute Gasteiger partial charge is 0.496 e. The number of H-pyrrole nitrogens is 1. The van der Waals surface area contributed by atoms with Crippen LogP contribution in [0.2, 0.25) is 0 Å². The summed E-state index contributed by atoms with van der Waals surface area (Å²) >= 11 is 0. The Bertz CT molecular complexity index is 1600. The van der Waals surface area contributed by atoms with E-state index in [0.29, 0.717) is 46.5 Å². The maximum Gasteiger partial charge on any atom is 0.169 e. The zero-order valence-corrected chi connectivity index (χ0v) is 20.9. The van der Waals surface area contributed by atoms with Gasteiger partial charge in [-0.2, -0.15) is 0 Å². The Balaban J connectivity index is 1.76. The standard InChI is InChI=1S/C29H28FN5O2/c1-4-16-11-21(27(30)25(12-16)37-3)26(22-14-17-13-18(31)9-10-19(17)28(32)34-22)29-33-15-23(35-29)20-7-5-6-8-24(20)36-2/h5-15,26H,4,31H2,1-3H3,(H2,32,34)(H,33,35). The van der Waals surface area contributed by atoms with Crippen molar-refractivity contribution in [3.8, 4) is 22.8 Å². The van der Waals surface area contributed by atoms with Crippen molar-refractivity contribution < 1.29 is 13.9 Å². The average Bonchev–Trinajstić information content (AvgIpc) is 3.39. The lowest BCUT2D eigenvalue weighted by Crippen LogP contribution is -2.12. The summed E-state index contributed by atoms with van der Waals surface area (Å²) in [6, 6.07) is 18.4. The molecule has 7 nitrogen and oxygen atoms in total. The number of para-hydroxylation sites is 1. The Hall–Kier alpha value is -4.59. The molecule has 0 bridgehead atoms. The van der Waals surface area contributed by atoms with E-state index in [1.807, 2.05) is 55.5 Å². The first kappa shape index (κ1) is 24.1. The monoisotopic (exact) mass is 497 g/mol. The molecule has 5 N–H and O–H groups in total. The molecule has 0 aliphatic rings. The predicted octanol–water partition coefficient (Wildman–Crippen LogP) is 5.69. The van der Waals surface area contributed by atoms with Gasteiger partial charge in [-0.3, -0.25) is 0 Å². The fourth-order valence-corrected chi connectivity index (χ4v) is 4.64. The van der Waals surface area contributed by atoms with Gasteiger partial charge in [-0.05, 0) is 59.8 Å². The second-order valence-electron chi connectivity index (χ2n) is 8.77. The highest BCUT2D eigenvalue weighted by Gasteiger charge is 2.28. The molecular weight excluding hydrogens is 469 g/mol. The van der Waals surface area contributed by atoms with Crippen LogP contribution in [0.1, 0.15) is 35.5 Å². The average molecular weight is 498 g/mol. The Morgan fingerprint density at radius 1 is 0.946 bits per heavy atom. The minimum atomic E-state index is -0.697. The van der Waals surface area contributed by atoms with Crippen LogP contribution < -0.4 is 20.9 Å². The fourth-order valence-electron chi connectivity index (χ4n) is 4.64. The van der Waals surface area contributed by atoms with E-state index < -0.39 is 11.7 Å². The minimum absolute atomic E-state index is 0.161. The summed E-state index contributed by atoms with van der Waals surface area (Å²) in [7, 11) is 3.07. The van der Waals surface area contributed by atoms with E-state index in [4.69, 9.17) is 30.9 Å². The van der Waals surface area contributed by atoms with Gasteiger partial charge in [0.1, 0.15) is 17.4 Å². The molecule has 188 valence electrons. The molecule has 0 fully saturated rings. The molecule has 2 aromatic heterocycles. The number of aromatic amines is 1. The Morgan fingerprint density at radius 3 is 2.49 bits per heavy atom. The minimum Gasteiger partial charge on any atom is -0.496 e. The summed E-state index contributed by atoms with van der Waals surface area (Å²) in [5, 5.41) is 1.58. The lowest BCUT2D eigenvalue weighted by Gasteiger charge is -2.20. The van der Waals surface area contributed by atoms with Gasteiger partial charge in [-0.25, -0.2) is 14.4 Å². The van der Waals surface area contributed by atoms with Gasteiger partial charge in [0, 0.05) is 28.4 Å². The molecule has 0 amide bonds. The molecule has 0 aliphatic carbocycles. The summed E-state index contributed by atoms with van der Waals surface area (Å²) in [4.78, 5) is 12.8. The maximum atomic E-state index is 15.9. The van der Waals surface area contributed by atoms with E-state index in [0.717, 1.165) is 21.9 Å². The number of nitrogens with two attached hydrogens (primary N) is 2. The third-order valence-corrected chi connectivity index (χ3v) is 6.52. The Labute approximate surface area is 214 Å². The van der Waals surface area contributed by atoms with Gasteiger partial charge < -0.3 is 25.9 Å². The quantitative estimate of drug-likeness (QED) is 0.249. The van der Waals surface area contributed by atoms with Gasteiger partial charge in [0.15, 0.2) is 11.6 Å². The lowest BCUT2D eigenvalue weighted by molar-refractivity contribution is 0.383. The highest BCUT2D eigenvalue weighted by Crippen LogP contribution is 2.39. The van der Waals surface area contributed by atoms with E-state index in [-0.39, 0.29) is 5.75 Å². The topological polar surface area (TPSA) is 112 Å². The Morgan fingerprint density at radius 2 is 1.73 bits per heavy atom. The molecule has 1 unspecified atom stereocenters. The molecule has 0 radical (unpaired) electrons. The number of benzene rings is 3. The number of nitrogens with zero attached hydrogens (tertiary/aromatic N) is 2. The lowest BCUT2D eigenvalue weighted by atomic mass is 9.90. The number of rotatable bonds is 7. The molecule has 5 aromatic rings. The Kier molecular flexibility index (Phi) is 6.40. The third-order valence-electron chi connectivity index (χ3n) is 6.52. The number of hydrogen-bond acceptors (Lipinski definition) is 6. The molecular formula is C29H28FN5O2. The summed E-state index contributed by atoms with van der Waals surface area (Å²) in [6.45, 7) is 2.01. The summed E-state index contributed by atoms with van der Waals surface area (Å²) in [5.41, 5.74) is 16.3. The van der Waals surface area contributed by atoms with Crippen LogP contribution in [0.3, 0.4) is 0 Å². The molecule has 37 heavy (non-hydrogen) atoms. The number of fused-ring (bicyclic) bond motifs is 1. The normalized spacial score (nSPS) is 12.0. The number of ether oxygens (including phenoxy) is 2. The van der Waals surface area contributed by atoms with Gasteiger partial charge in [-0.15, -0.1) is 0 Å². The number of aryl methyl sites for hydroxylation is 1. The highest BCUT2D eigenvalue weighted by atomic mass is 19.1. The fraction of sp³-hybridized carbons (Fsp3) is 0.172. The van der Waals surface area contributed by atoms with Crippen molar-refractivity contribution >= 4 is 22.3 Å². The summed E-state index contributed by atoms with van der Waals surface area (Å²) in [5.74, 6) is 0.499. The van der Waals surface area contributed by atoms with Crippen LogP contribution >= 0.6 is 0 Å². The van der Waals surface area contributed by atoms with E-state index >= 15 is 4.39 Å². The number of halogens is 1. The van der Waals surface area contributed by atoms with Crippen molar-refractivity contribution in [3.63, 3.8) is 0 Å². The van der Waals surface area contributed by atoms with Crippen LogP contribution in [0.25, 0.3) is 22.0 Å². The molecule has 0 aliphatic heterocycles. The number of aromatic nitrogens is 3. The summed E-state index contributed by atoms with van der Waals surface area (Å²) < 4.78 is 26.8. The van der Waals surface area contributed by atoms with Crippen molar-refractivity contribution in [3.05, 3.63) is 95.3 Å². The molecule has 0 saturated heterocycles. The van der Waals surface area contributed by atoms with E-state index in [9.17, 15) is 0 Å². The number of pyridine rings is 1. The number of hydrogen-bond donors (Lipinski definition) is 3. The van der Waals surface area contributed by atoms with Gasteiger partial charge >= 0.3 is 0 Å². The number of anilines is 2. The van der Waals surface area contributed by atoms with Gasteiger partial charge in [-0.1, -0.05) is 25.1 Å². The first-order valence-corrected chi connectivity index (χ1v) is 11.9. The molecule has 5 rings (SSSR count). The van der Waals surface area contributed by atoms with Crippen molar-refractivity contribution in [1.82, 2.24) is 15.0 Å². The van der Waals surface area contributed by atoms with Crippen LogP contribution in [-0.2, 0) is 6.42 Å². The SMILES string of the molecule is CCc1cc(OC)c(F)c(C(c2cc3cc(N)ccc3c(N)n2)c2nc(-c3ccccc3OC)c[nH]2)c1. The zero-order valence-electron chi connectivity index (χ0n) is 20.9. The second kappa shape index (κ2) is 9.81. The number of nitrogen functional groups attached to an aromatic ring is 2. The van der Waals surface area contributed by atoms with E-state index in [2.05, 4.69) is 4.98 Å². The molecule has 0 saturated carbocycles. The van der Waals surface area contributed by atoms with Crippen LogP contribution in [0.4, 0.5) is 15.9 Å². The zero-order chi connectivity index (χ0) is 26.1. The van der Waals surface area contributed by atoms with Crippen molar-refractivity contribution in [2.75, 3.05) is 25.7 Å². The van der Waals surface area contributed by atoms with Gasteiger partial charge in [0.25, 0.3) is 0 Å². The van der Waals surface area contributed by atoms with Crippen molar-refractivity contribution in [1.29, 1.82) is 0 Å².